The smallest absolute Gasteiger partial charge is 0.165 e. The molecule has 0 spiro atoms. The third kappa shape index (κ3) is 4.11. The van der Waals surface area contributed by atoms with E-state index < -0.39 is 6.10 Å². The van der Waals surface area contributed by atoms with Gasteiger partial charge in [0.2, 0.25) is 0 Å². The highest BCUT2D eigenvalue weighted by molar-refractivity contribution is 5.46. The molecule has 0 aromatic heterocycles. The average Bonchev–Trinajstić information content (AvgIpc) is 2.36. The first-order valence-electron chi connectivity index (χ1n) is 6.64. The summed E-state index contributed by atoms with van der Waals surface area (Å²) in [6.45, 7) is 8.88. The molecule has 2 N–H and O–H groups in total. The number of aliphatic hydroxyl groups excluding tert-OH is 1. The van der Waals surface area contributed by atoms with Crippen LogP contribution in [0.5, 0.6) is 11.5 Å². The number of ether oxygens (including phenoxy) is 2. The fraction of sp³-hybridized carbons (Fsp3) is 0.600. The molecule has 108 valence electrons. The Bertz CT molecular complexity index is 402. The molecule has 0 fully saturated rings. The molecule has 0 amide bonds. The fourth-order valence-electron chi connectivity index (χ4n) is 1.67. The van der Waals surface area contributed by atoms with Crippen LogP contribution < -0.4 is 14.8 Å². The van der Waals surface area contributed by atoms with Crippen molar-refractivity contribution >= 4 is 0 Å². The van der Waals surface area contributed by atoms with Gasteiger partial charge in [-0.15, -0.1) is 0 Å². The molecule has 1 aromatic rings. The van der Waals surface area contributed by atoms with Crippen LogP contribution in [-0.2, 0) is 6.54 Å². The molecule has 4 nitrogen and oxygen atoms in total. The Labute approximate surface area is 115 Å². The lowest BCUT2D eigenvalue weighted by Crippen LogP contribution is -2.47. The van der Waals surface area contributed by atoms with Gasteiger partial charge in [0.05, 0.1) is 19.8 Å². The van der Waals surface area contributed by atoms with E-state index >= 15 is 0 Å². The zero-order valence-corrected chi connectivity index (χ0v) is 12.5. The Hall–Kier alpha value is -1.26. The normalized spacial score (nSPS) is 13.2. The molecule has 1 aromatic carbocycles. The summed E-state index contributed by atoms with van der Waals surface area (Å²) in [4.78, 5) is 0. The predicted molar refractivity (Wildman–Crippen MR) is 76.8 cm³/mol. The molecule has 0 aliphatic rings. The summed E-state index contributed by atoms with van der Waals surface area (Å²) >= 11 is 0. The van der Waals surface area contributed by atoms with Crippen LogP contribution in [0.15, 0.2) is 18.2 Å². The van der Waals surface area contributed by atoms with Gasteiger partial charge in [-0.2, -0.15) is 0 Å². The molecule has 0 saturated heterocycles. The van der Waals surface area contributed by atoms with Gasteiger partial charge in [0.25, 0.3) is 0 Å². The van der Waals surface area contributed by atoms with Crippen molar-refractivity contribution in [2.75, 3.05) is 13.7 Å². The van der Waals surface area contributed by atoms with E-state index in [0.29, 0.717) is 13.2 Å². The second-order valence-corrected chi connectivity index (χ2v) is 5.13. The van der Waals surface area contributed by atoms with Gasteiger partial charge in [-0.1, -0.05) is 12.1 Å². The Balaban J connectivity index is 2.86. The monoisotopic (exact) mass is 267 g/mol. The van der Waals surface area contributed by atoms with Crippen molar-refractivity contribution in [3.05, 3.63) is 23.8 Å². The quantitative estimate of drug-likeness (QED) is 0.796. The van der Waals surface area contributed by atoms with Gasteiger partial charge in [0, 0.05) is 17.6 Å². The number of para-hydroxylation sites is 1. The van der Waals surface area contributed by atoms with Crippen molar-refractivity contribution in [2.45, 2.75) is 45.9 Å². The van der Waals surface area contributed by atoms with Gasteiger partial charge >= 0.3 is 0 Å². The first-order chi connectivity index (χ1) is 8.92. The fourth-order valence-corrected chi connectivity index (χ4v) is 1.67. The summed E-state index contributed by atoms with van der Waals surface area (Å²) in [5.41, 5.74) is 0.661. The van der Waals surface area contributed by atoms with Gasteiger partial charge in [-0.05, 0) is 33.8 Å². The number of hydrogen-bond donors (Lipinski definition) is 2. The van der Waals surface area contributed by atoms with E-state index in [9.17, 15) is 5.11 Å². The molecule has 0 aliphatic heterocycles. The Morgan fingerprint density at radius 1 is 1.37 bits per heavy atom. The number of nitrogens with one attached hydrogen (secondary N) is 1. The largest absolute Gasteiger partial charge is 0.493 e. The third-order valence-corrected chi connectivity index (χ3v) is 3.34. The molecule has 0 bridgehead atoms. The maximum atomic E-state index is 9.71. The van der Waals surface area contributed by atoms with Crippen LogP contribution in [0.1, 0.15) is 33.3 Å². The molecule has 1 rings (SSSR count). The lowest BCUT2D eigenvalue weighted by atomic mass is 9.98. The summed E-state index contributed by atoms with van der Waals surface area (Å²) in [6, 6.07) is 5.83. The van der Waals surface area contributed by atoms with Crippen molar-refractivity contribution < 1.29 is 14.6 Å². The summed E-state index contributed by atoms with van der Waals surface area (Å²) in [5, 5.41) is 13.0. The van der Waals surface area contributed by atoms with Crippen LogP contribution in [0.4, 0.5) is 0 Å². The standard InChI is InChI=1S/C15H25NO3/c1-6-19-13-9-7-8-12(14(13)18-5)10-16-15(3,4)11(2)17/h7-9,11,16-17H,6,10H2,1-5H3. The van der Waals surface area contributed by atoms with Gasteiger partial charge in [0.15, 0.2) is 11.5 Å². The van der Waals surface area contributed by atoms with Crippen molar-refractivity contribution in [1.29, 1.82) is 0 Å². The van der Waals surface area contributed by atoms with Gasteiger partial charge in [-0.25, -0.2) is 0 Å². The lowest BCUT2D eigenvalue weighted by molar-refractivity contribution is 0.0954. The van der Waals surface area contributed by atoms with Gasteiger partial charge < -0.3 is 19.9 Å². The zero-order valence-electron chi connectivity index (χ0n) is 12.5. The topological polar surface area (TPSA) is 50.7 Å². The third-order valence-electron chi connectivity index (χ3n) is 3.34. The minimum absolute atomic E-state index is 0.355. The number of hydrogen-bond acceptors (Lipinski definition) is 4. The highest BCUT2D eigenvalue weighted by Crippen LogP contribution is 2.31. The highest BCUT2D eigenvalue weighted by Gasteiger charge is 2.23. The van der Waals surface area contributed by atoms with E-state index in [1.165, 1.54) is 0 Å². The SMILES string of the molecule is CCOc1cccc(CNC(C)(C)C(C)O)c1OC. The first kappa shape index (κ1) is 15.8. The maximum absolute atomic E-state index is 9.71. The zero-order chi connectivity index (χ0) is 14.5. The number of aliphatic hydroxyl groups is 1. The second-order valence-electron chi connectivity index (χ2n) is 5.13. The lowest BCUT2D eigenvalue weighted by Gasteiger charge is -2.30. The molecule has 0 saturated carbocycles. The summed E-state index contributed by atoms with van der Waals surface area (Å²) in [6.07, 6.45) is -0.437. The van der Waals surface area contributed by atoms with Crippen LogP contribution in [0.25, 0.3) is 0 Å². The summed E-state index contributed by atoms with van der Waals surface area (Å²) in [5.74, 6) is 1.50. The van der Waals surface area contributed by atoms with Crippen LogP contribution in [0, 0.1) is 0 Å². The van der Waals surface area contributed by atoms with Crippen LogP contribution >= 0.6 is 0 Å². The molecule has 0 radical (unpaired) electrons. The first-order valence-corrected chi connectivity index (χ1v) is 6.64. The van der Waals surface area contributed by atoms with Crippen molar-refractivity contribution in [2.24, 2.45) is 0 Å². The number of benzene rings is 1. The van der Waals surface area contributed by atoms with Gasteiger partial charge in [0.1, 0.15) is 0 Å². The Morgan fingerprint density at radius 3 is 2.58 bits per heavy atom. The van der Waals surface area contributed by atoms with Crippen LogP contribution in [-0.4, -0.2) is 30.5 Å². The van der Waals surface area contributed by atoms with Crippen molar-refractivity contribution in [1.82, 2.24) is 5.32 Å². The molecule has 0 aliphatic carbocycles. The van der Waals surface area contributed by atoms with E-state index in [1.54, 1.807) is 14.0 Å². The molecule has 0 heterocycles. The van der Waals surface area contributed by atoms with E-state index in [4.69, 9.17) is 9.47 Å². The van der Waals surface area contributed by atoms with E-state index in [-0.39, 0.29) is 5.54 Å². The highest BCUT2D eigenvalue weighted by atomic mass is 16.5. The summed E-state index contributed by atoms with van der Waals surface area (Å²) in [7, 11) is 1.64. The molecule has 1 atom stereocenters. The van der Waals surface area contributed by atoms with Crippen molar-refractivity contribution in [3.63, 3.8) is 0 Å². The molecular weight excluding hydrogens is 242 g/mol. The van der Waals surface area contributed by atoms with Gasteiger partial charge in [-0.3, -0.25) is 0 Å². The second kappa shape index (κ2) is 6.78. The average molecular weight is 267 g/mol. The molecule has 1 unspecified atom stereocenters. The Morgan fingerprint density at radius 2 is 2.05 bits per heavy atom. The maximum Gasteiger partial charge on any atom is 0.165 e. The Kier molecular flexibility index (Phi) is 5.63. The summed E-state index contributed by atoms with van der Waals surface area (Å²) < 4.78 is 11.0. The van der Waals surface area contributed by atoms with Crippen LogP contribution in [0.2, 0.25) is 0 Å². The molecule has 19 heavy (non-hydrogen) atoms. The molecule has 4 heteroatoms. The minimum Gasteiger partial charge on any atom is -0.493 e. The molecular formula is C15H25NO3. The van der Waals surface area contributed by atoms with Crippen LogP contribution in [0.3, 0.4) is 0 Å². The number of methoxy groups -OCH3 is 1. The minimum atomic E-state index is -0.437. The van der Waals surface area contributed by atoms with Crippen molar-refractivity contribution in [3.8, 4) is 11.5 Å². The predicted octanol–water partition coefficient (Wildman–Crippen LogP) is 2.34. The number of rotatable bonds is 7. The van der Waals surface area contributed by atoms with E-state index in [0.717, 1.165) is 17.1 Å². The van der Waals surface area contributed by atoms with E-state index in [2.05, 4.69) is 5.32 Å². The van der Waals surface area contributed by atoms with E-state index in [1.807, 2.05) is 39.0 Å².